The minimum absolute atomic E-state index is 0.0391. The van der Waals surface area contributed by atoms with Gasteiger partial charge in [0.15, 0.2) is 5.78 Å². The molecular formula is C30H31N3O4S. The van der Waals surface area contributed by atoms with Crippen LogP contribution in [0.1, 0.15) is 59.3 Å². The van der Waals surface area contributed by atoms with Crippen molar-refractivity contribution >= 4 is 28.9 Å². The first kappa shape index (κ1) is 24.9. The molecule has 2 fully saturated rings. The number of hydrogen-bond acceptors (Lipinski definition) is 6. The number of amides is 2. The van der Waals surface area contributed by atoms with Gasteiger partial charge in [0.05, 0.1) is 28.2 Å². The second-order valence-corrected chi connectivity index (χ2v) is 11.6. The maximum Gasteiger partial charge on any atom is 0.255 e. The van der Waals surface area contributed by atoms with Crippen molar-refractivity contribution in [2.75, 3.05) is 6.54 Å². The van der Waals surface area contributed by atoms with Gasteiger partial charge in [0.1, 0.15) is 5.54 Å². The fourth-order valence-corrected chi connectivity index (χ4v) is 6.97. The molecule has 2 aliphatic heterocycles. The van der Waals surface area contributed by atoms with Gasteiger partial charge in [-0.05, 0) is 55.4 Å². The molecule has 1 N–H and O–H groups in total. The number of aliphatic hydroxyl groups is 1. The van der Waals surface area contributed by atoms with Crippen LogP contribution in [0.15, 0.2) is 54.0 Å². The van der Waals surface area contributed by atoms with E-state index >= 15 is 0 Å². The van der Waals surface area contributed by atoms with Crippen molar-refractivity contribution in [3.63, 3.8) is 0 Å². The Hall–Kier alpha value is -3.36. The van der Waals surface area contributed by atoms with E-state index in [0.717, 1.165) is 33.7 Å². The third-order valence-corrected chi connectivity index (χ3v) is 9.43. The third-order valence-electron chi connectivity index (χ3n) is 8.45. The summed E-state index contributed by atoms with van der Waals surface area (Å²) in [5.41, 5.74) is 5.66. The third kappa shape index (κ3) is 4.16. The molecule has 3 aromatic rings. The van der Waals surface area contributed by atoms with E-state index in [1.54, 1.807) is 21.1 Å². The van der Waals surface area contributed by atoms with E-state index in [4.69, 9.17) is 0 Å². The predicted octanol–water partition coefficient (Wildman–Crippen LogP) is 4.16. The summed E-state index contributed by atoms with van der Waals surface area (Å²) in [4.78, 5) is 49.4. The second-order valence-electron chi connectivity index (χ2n) is 10.7. The van der Waals surface area contributed by atoms with Gasteiger partial charge in [-0.25, -0.2) is 4.98 Å². The standard InChI is InChI=1S/C30H31N3O4S/c1-19-27(38-18-31-19)21-10-7-20(8-11-21)9-12-26(35)25-15-23(34)17-32(25)29(37)30(13-4-14-30)33-16-22-5-2-3-6-24(22)28(33)36/h2-3,5-8,10-11,18,23,25,34H,4,9,12-17H2,1H3/t23-,25+/m1/s1. The summed E-state index contributed by atoms with van der Waals surface area (Å²) in [5, 5.41) is 10.5. The zero-order chi connectivity index (χ0) is 26.4. The fraction of sp³-hybridized carbons (Fsp3) is 0.400. The highest BCUT2D eigenvalue weighted by Crippen LogP contribution is 2.44. The summed E-state index contributed by atoms with van der Waals surface area (Å²) < 4.78 is 0. The maximum atomic E-state index is 14.0. The Morgan fingerprint density at radius 2 is 1.89 bits per heavy atom. The number of nitrogens with zero attached hydrogens (tertiary/aromatic N) is 3. The lowest BCUT2D eigenvalue weighted by Crippen LogP contribution is -2.64. The molecule has 38 heavy (non-hydrogen) atoms. The number of aliphatic hydroxyl groups excluding tert-OH is 1. The summed E-state index contributed by atoms with van der Waals surface area (Å²) >= 11 is 1.61. The molecule has 6 rings (SSSR count). The number of aryl methyl sites for hydroxylation is 2. The van der Waals surface area contributed by atoms with Gasteiger partial charge in [0.25, 0.3) is 5.91 Å². The van der Waals surface area contributed by atoms with Gasteiger partial charge in [-0.3, -0.25) is 14.4 Å². The maximum absolute atomic E-state index is 14.0. The summed E-state index contributed by atoms with van der Waals surface area (Å²) in [6.45, 7) is 2.54. The molecule has 1 aliphatic carbocycles. The van der Waals surface area contributed by atoms with Gasteiger partial charge < -0.3 is 14.9 Å². The number of aromatic nitrogens is 1. The van der Waals surface area contributed by atoms with E-state index in [2.05, 4.69) is 17.1 Å². The summed E-state index contributed by atoms with van der Waals surface area (Å²) in [6, 6.07) is 15.0. The highest BCUT2D eigenvalue weighted by Gasteiger charge is 2.56. The molecule has 8 heteroatoms. The number of carbonyl (C=O) groups is 3. The van der Waals surface area contributed by atoms with Gasteiger partial charge in [0, 0.05) is 31.5 Å². The minimum Gasteiger partial charge on any atom is -0.391 e. The van der Waals surface area contributed by atoms with Gasteiger partial charge in [0.2, 0.25) is 5.91 Å². The molecule has 2 amide bonds. The molecule has 0 bridgehead atoms. The van der Waals surface area contributed by atoms with Crippen molar-refractivity contribution in [2.24, 2.45) is 0 Å². The molecule has 196 valence electrons. The Morgan fingerprint density at radius 3 is 2.55 bits per heavy atom. The molecule has 1 saturated heterocycles. The Bertz CT molecular complexity index is 1390. The smallest absolute Gasteiger partial charge is 0.255 e. The number of benzene rings is 2. The number of fused-ring (bicyclic) bond motifs is 1. The number of rotatable bonds is 7. The highest BCUT2D eigenvalue weighted by atomic mass is 32.1. The van der Waals surface area contributed by atoms with Crippen LogP contribution in [-0.2, 0) is 22.6 Å². The molecule has 3 aliphatic rings. The van der Waals surface area contributed by atoms with Gasteiger partial charge in [-0.1, -0.05) is 42.5 Å². The molecule has 0 spiro atoms. The molecule has 1 aromatic heterocycles. The number of carbonyl (C=O) groups excluding carboxylic acids is 3. The van der Waals surface area contributed by atoms with Gasteiger partial charge >= 0.3 is 0 Å². The summed E-state index contributed by atoms with van der Waals surface area (Å²) in [7, 11) is 0. The van der Waals surface area contributed by atoms with E-state index in [1.807, 2.05) is 48.8 Å². The number of ketones is 1. The molecule has 2 aromatic carbocycles. The van der Waals surface area contributed by atoms with E-state index in [9.17, 15) is 19.5 Å². The molecule has 7 nitrogen and oxygen atoms in total. The number of hydrogen-bond donors (Lipinski definition) is 1. The van der Waals surface area contributed by atoms with Crippen LogP contribution in [0.5, 0.6) is 0 Å². The number of likely N-dealkylation sites (tertiary alicyclic amines) is 1. The van der Waals surface area contributed by atoms with Crippen molar-refractivity contribution in [3.05, 3.63) is 76.4 Å². The predicted molar refractivity (Wildman–Crippen MR) is 145 cm³/mol. The first-order chi connectivity index (χ1) is 18.4. The Balaban J connectivity index is 1.15. The topological polar surface area (TPSA) is 90.8 Å². The Labute approximate surface area is 226 Å². The molecule has 0 unspecified atom stereocenters. The first-order valence-corrected chi connectivity index (χ1v) is 14.2. The second kappa shape index (κ2) is 9.75. The highest BCUT2D eigenvalue weighted by molar-refractivity contribution is 7.13. The van der Waals surface area contributed by atoms with Crippen molar-refractivity contribution in [2.45, 2.75) is 69.7 Å². The minimum atomic E-state index is -0.927. The van der Waals surface area contributed by atoms with Gasteiger partial charge in [-0.15, -0.1) is 11.3 Å². The van der Waals surface area contributed by atoms with Crippen LogP contribution < -0.4 is 0 Å². The summed E-state index contributed by atoms with van der Waals surface area (Å²) in [6.07, 6.45) is 2.41. The quantitative estimate of drug-likeness (QED) is 0.496. The largest absolute Gasteiger partial charge is 0.391 e. The molecular weight excluding hydrogens is 498 g/mol. The van der Waals surface area contributed by atoms with Crippen LogP contribution in [0, 0.1) is 6.92 Å². The molecule has 1 saturated carbocycles. The molecule has 3 heterocycles. The average molecular weight is 530 g/mol. The Morgan fingerprint density at radius 1 is 1.13 bits per heavy atom. The lowest BCUT2D eigenvalue weighted by molar-refractivity contribution is -0.152. The lowest BCUT2D eigenvalue weighted by atomic mass is 9.73. The number of β-amino-alcohol motifs (C(OH)–C–C–N with tert-alkyl or cyclic N) is 1. The van der Waals surface area contributed by atoms with Gasteiger partial charge in [-0.2, -0.15) is 0 Å². The summed E-state index contributed by atoms with van der Waals surface area (Å²) in [5.74, 6) is -0.347. The molecule has 0 radical (unpaired) electrons. The number of thiazole rings is 1. The zero-order valence-corrected chi connectivity index (χ0v) is 22.2. The van der Waals surface area contributed by atoms with E-state index in [-0.39, 0.29) is 30.6 Å². The first-order valence-electron chi connectivity index (χ1n) is 13.3. The van der Waals surface area contributed by atoms with Crippen molar-refractivity contribution < 1.29 is 19.5 Å². The number of Topliss-reactive ketones (excluding diaryl/α,β-unsaturated/α-hetero) is 1. The van der Waals surface area contributed by atoms with Crippen LogP contribution >= 0.6 is 11.3 Å². The van der Waals surface area contributed by atoms with E-state index in [1.165, 1.54) is 0 Å². The van der Waals surface area contributed by atoms with Crippen LogP contribution in [0.2, 0.25) is 0 Å². The molecule has 2 atom stereocenters. The lowest BCUT2D eigenvalue weighted by Gasteiger charge is -2.49. The fourth-order valence-electron chi connectivity index (χ4n) is 6.16. The normalized spacial score (nSPS) is 21.9. The van der Waals surface area contributed by atoms with E-state index < -0.39 is 17.7 Å². The average Bonchev–Trinajstić information content (AvgIpc) is 3.60. The van der Waals surface area contributed by atoms with Crippen LogP contribution in [-0.4, -0.2) is 61.7 Å². The van der Waals surface area contributed by atoms with Crippen molar-refractivity contribution in [3.8, 4) is 10.4 Å². The van der Waals surface area contributed by atoms with Crippen molar-refractivity contribution in [1.82, 2.24) is 14.8 Å². The Kier molecular flexibility index (Phi) is 6.40. The van der Waals surface area contributed by atoms with Crippen molar-refractivity contribution in [1.29, 1.82) is 0 Å². The van der Waals surface area contributed by atoms with Crippen LogP contribution in [0.4, 0.5) is 0 Å². The monoisotopic (exact) mass is 529 g/mol. The van der Waals surface area contributed by atoms with Crippen LogP contribution in [0.3, 0.4) is 0 Å². The zero-order valence-electron chi connectivity index (χ0n) is 21.4. The SMILES string of the molecule is Cc1ncsc1-c1ccc(CCC(=O)[C@@H]2C[C@@H](O)CN2C(=O)C2(N3Cc4ccccc4C3=O)CCC2)cc1. The van der Waals surface area contributed by atoms with Crippen LogP contribution in [0.25, 0.3) is 10.4 Å². The van der Waals surface area contributed by atoms with E-state index in [0.29, 0.717) is 37.8 Å².